The summed E-state index contributed by atoms with van der Waals surface area (Å²) in [4.78, 5) is 28.8. The molecule has 3 atom stereocenters. The fraction of sp³-hybridized carbons (Fsp3) is 0.407. The summed E-state index contributed by atoms with van der Waals surface area (Å²) >= 11 is 6.21. The van der Waals surface area contributed by atoms with Crippen molar-refractivity contribution >= 4 is 29.4 Å². The number of nitrogens with zero attached hydrogens (tertiary/aromatic N) is 2. The Morgan fingerprint density at radius 3 is 2.65 bits per heavy atom. The van der Waals surface area contributed by atoms with Crippen LogP contribution in [0.2, 0.25) is 5.02 Å². The van der Waals surface area contributed by atoms with Crippen LogP contribution in [0.5, 0.6) is 5.75 Å². The first-order valence-electron chi connectivity index (χ1n) is 12.3. The molecule has 10 heteroatoms. The van der Waals surface area contributed by atoms with Gasteiger partial charge in [0.25, 0.3) is 0 Å². The van der Waals surface area contributed by atoms with Crippen LogP contribution in [0.15, 0.2) is 40.9 Å². The molecule has 3 aromatic rings. The SMILES string of the molecule is Cc1nc(-c2onc(C)c2NC(=O)O[C@H](C)c2ccccc2Cl)ccc1OC[C@H]1CCCC[C@@H]1C(=O)O. The number of aromatic nitrogens is 2. The Hall–Kier alpha value is -3.59. The molecule has 1 aliphatic carbocycles. The number of benzene rings is 1. The minimum atomic E-state index is -0.765. The highest BCUT2D eigenvalue weighted by Crippen LogP contribution is 2.34. The number of carbonyl (C=O) groups excluding carboxylic acids is 1. The van der Waals surface area contributed by atoms with Crippen molar-refractivity contribution < 1.29 is 28.7 Å². The number of carboxylic acid groups (broad SMARTS) is 1. The van der Waals surface area contributed by atoms with E-state index in [-0.39, 0.29) is 17.6 Å². The van der Waals surface area contributed by atoms with Crippen molar-refractivity contribution in [3.05, 3.63) is 58.4 Å². The minimum Gasteiger partial charge on any atom is -0.491 e. The van der Waals surface area contributed by atoms with E-state index in [1.807, 2.05) is 6.07 Å². The van der Waals surface area contributed by atoms with Gasteiger partial charge in [0.1, 0.15) is 28.9 Å². The Labute approximate surface area is 220 Å². The number of halogens is 1. The van der Waals surface area contributed by atoms with Crippen LogP contribution in [0.3, 0.4) is 0 Å². The summed E-state index contributed by atoms with van der Waals surface area (Å²) in [6.45, 7) is 5.55. The van der Waals surface area contributed by atoms with Crippen molar-refractivity contribution in [2.24, 2.45) is 11.8 Å². The zero-order chi connectivity index (χ0) is 26.5. The fourth-order valence-electron chi connectivity index (χ4n) is 4.61. The third kappa shape index (κ3) is 6.22. The maximum Gasteiger partial charge on any atom is 0.412 e. The van der Waals surface area contributed by atoms with E-state index in [0.29, 0.717) is 52.1 Å². The fourth-order valence-corrected chi connectivity index (χ4v) is 4.90. The highest BCUT2D eigenvalue weighted by molar-refractivity contribution is 6.31. The minimum absolute atomic E-state index is 0.0303. The predicted octanol–water partition coefficient (Wildman–Crippen LogP) is 6.59. The second-order valence-electron chi connectivity index (χ2n) is 9.25. The quantitative estimate of drug-likeness (QED) is 0.336. The highest BCUT2D eigenvalue weighted by atomic mass is 35.5. The van der Waals surface area contributed by atoms with Gasteiger partial charge in [-0.2, -0.15) is 0 Å². The molecule has 0 radical (unpaired) electrons. The number of nitrogens with one attached hydrogen (secondary N) is 1. The zero-order valence-electron chi connectivity index (χ0n) is 21.0. The van der Waals surface area contributed by atoms with E-state index >= 15 is 0 Å². The van der Waals surface area contributed by atoms with Crippen LogP contribution in [-0.2, 0) is 9.53 Å². The first-order chi connectivity index (χ1) is 17.7. The van der Waals surface area contributed by atoms with Crippen LogP contribution in [0.4, 0.5) is 10.5 Å². The molecule has 1 aromatic carbocycles. The molecule has 9 nitrogen and oxygen atoms in total. The lowest BCUT2D eigenvalue weighted by molar-refractivity contribution is -0.145. The van der Waals surface area contributed by atoms with E-state index in [2.05, 4.69) is 15.5 Å². The summed E-state index contributed by atoms with van der Waals surface area (Å²) in [7, 11) is 0. The smallest absolute Gasteiger partial charge is 0.412 e. The van der Waals surface area contributed by atoms with E-state index in [1.165, 1.54) is 0 Å². The van der Waals surface area contributed by atoms with Gasteiger partial charge in [-0.05, 0) is 51.8 Å². The molecule has 0 spiro atoms. The van der Waals surface area contributed by atoms with Gasteiger partial charge in [-0.25, -0.2) is 9.78 Å². The van der Waals surface area contributed by atoms with Crippen LogP contribution in [0.25, 0.3) is 11.5 Å². The second kappa shape index (κ2) is 11.6. The first-order valence-corrected chi connectivity index (χ1v) is 12.6. The number of hydrogen-bond donors (Lipinski definition) is 2. The topological polar surface area (TPSA) is 124 Å². The number of ether oxygens (including phenoxy) is 2. The number of rotatable bonds is 8. The van der Waals surface area contributed by atoms with E-state index in [0.717, 1.165) is 19.3 Å². The molecule has 1 saturated carbocycles. The largest absolute Gasteiger partial charge is 0.491 e. The van der Waals surface area contributed by atoms with E-state index < -0.39 is 18.2 Å². The maximum atomic E-state index is 12.6. The Kier molecular flexibility index (Phi) is 8.33. The van der Waals surface area contributed by atoms with E-state index in [4.69, 9.17) is 25.6 Å². The lowest BCUT2D eigenvalue weighted by Gasteiger charge is -2.28. The maximum absolute atomic E-state index is 12.6. The summed E-state index contributed by atoms with van der Waals surface area (Å²) in [6.07, 6.45) is 2.20. The highest BCUT2D eigenvalue weighted by Gasteiger charge is 2.31. The average Bonchev–Trinajstić information content (AvgIpc) is 3.23. The van der Waals surface area contributed by atoms with Gasteiger partial charge in [-0.15, -0.1) is 0 Å². The molecule has 0 bridgehead atoms. The summed E-state index contributed by atoms with van der Waals surface area (Å²) in [6, 6.07) is 10.6. The normalized spacial score (nSPS) is 18.2. The van der Waals surface area contributed by atoms with Crippen molar-refractivity contribution in [3.8, 4) is 17.2 Å². The number of anilines is 1. The molecule has 1 aliphatic rings. The monoisotopic (exact) mass is 527 g/mol. The lowest BCUT2D eigenvalue weighted by Crippen LogP contribution is -2.31. The van der Waals surface area contributed by atoms with Crippen LogP contribution < -0.4 is 10.1 Å². The molecule has 2 heterocycles. The predicted molar refractivity (Wildman–Crippen MR) is 138 cm³/mol. The first kappa shape index (κ1) is 26.5. The molecular weight excluding hydrogens is 498 g/mol. The molecule has 1 amide bonds. The van der Waals surface area contributed by atoms with Crippen LogP contribution in [0.1, 0.15) is 55.7 Å². The molecule has 1 fully saturated rings. The molecule has 0 aliphatic heterocycles. The second-order valence-corrected chi connectivity index (χ2v) is 9.65. The van der Waals surface area contributed by atoms with Gasteiger partial charge in [0.2, 0.25) is 5.76 Å². The van der Waals surface area contributed by atoms with Gasteiger partial charge in [0, 0.05) is 16.5 Å². The van der Waals surface area contributed by atoms with Crippen molar-refractivity contribution in [3.63, 3.8) is 0 Å². The van der Waals surface area contributed by atoms with Gasteiger partial charge in [0.05, 0.1) is 18.2 Å². The summed E-state index contributed by atoms with van der Waals surface area (Å²) in [5.74, 6) is -0.325. The number of amides is 1. The molecule has 2 N–H and O–H groups in total. The van der Waals surface area contributed by atoms with Crippen molar-refractivity contribution in [1.29, 1.82) is 0 Å². The van der Waals surface area contributed by atoms with Crippen molar-refractivity contribution in [1.82, 2.24) is 10.1 Å². The number of carboxylic acids is 1. The zero-order valence-corrected chi connectivity index (χ0v) is 21.7. The number of hydrogen-bond acceptors (Lipinski definition) is 7. The Balaban J connectivity index is 1.44. The van der Waals surface area contributed by atoms with Gasteiger partial charge >= 0.3 is 12.1 Å². The van der Waals surface area contributed by atoms with Crippen LogP contribution in [-0.4, -0.2) is 33.9 Å². The summed E-state index contributed by atoms with van der Waals surface area (Å²) in [5, 5.41) is 16.7. The van der Waals surface area contributed by atoms with Crippen LogP contribution >= 0.6 is 11.6 Å². The summed E-state index contributed by atoms with van der Waals surface area (Å²) in [5.41, 5.74) is 2.58. The number of pyridine rings is 1. The molecule has 0 unspecified atom stereocenters. The number of aryl methyl sites for hydroxylation is 2. The molecule has 4 rings (SSSR count). The molecule has 196 valence electrons. The van der Waals surface area contributed by atoms with E-state index in [1.54, 1.807) is 51.1 Å². The molecule has 2 aromatic heterocycles. The van der Waals surface area contributed by atoms with Crippen LogP contribution in [0, 0.1) is 25.7 Å². The summed E-state index contributed by atoms with van der Waals surface area (Å²) < 4.78 is 17.0. The van der Waals surface area contributed by atoms with Crippen molar-refractivity contribution in [2.75, 3.05) is 11.9 Å². The standard InChI is InChI=1S/C27H30ClN3O6/c1-15-23(35-14-18-8-4-5-10-20(18)26(32)33)13-12-22(29-15)25-24(16(2)31-37-25)30-27(34)36-17(3)19-9-6-7-11-21(19)28/h6-7,9,11-13,17-18,20H,4-5,8,10,14H2,1-3H3,(H,30,34)(H,32,33)/t17-,18-,20+/m1/s1. The third-order valence-electron chi connectivity index (χ3n) is 6.67. The average molecular weight is 528 g/mol. The molecule has 0 saturated heterocycles. The molecule has 37 heavy (non-hydrogen) atoms. The molecular formula is C27H30ClN3O6. The van der Waals surface area contributed by atoms with Gasteiger partial charge in [-0.1, -0.05) is 47.8 Å². The van der Waals surface area contributed by atoms with E-state index in [9.17, 15) is 14.7 Å². The third-order valence-corrected chi connectivity index (χ3v) is 7.01. The Morgan fingerprint density at radius 1 is 1.16 bits per heavy atom. The number of carbonyl (C=O) groups is 2. The van der Waals surface area contributed by atoms with Gasteiger partial charge in [0.15, 0.2) is 0 Å². The van der Waals surface area contributed by atoms with Gasteiger partial charge in [-0.3, -0.25) is 10.1 Å². The Morgan fingerprint density at radius 2 is 1.92 bits per heavy atom. The van der Waals surface area contributed by atoms with Gasteiger partial charge < -0.3 is 19.1 Å². The Bertz CT molecular complexity index is 1280. The number of aliphatic carboxylic acids is 1. The lowest BCUT2D eigenvalue weighted by atomic mass is 9.80. The van der Waals surface area contributed by atoms with Crippen molar-refractivity contribution in [2.45, 2.75) is 52.6 Å².